The zero-order chi connectivity index (χ0) is 19.2. The molecular weight excluding hydrogens is 326 g/mol. The second-order valence-corrected chi connectivity index (χ2v) is 12.2. The van der Waals surface area contributed by atoms with Crippen LogP contribution in [0.3, 0.4) is 0 Å². The SMILES string of the molecule is CC(C)CCCCC1CCC2C3CCC4CC(N)CCC4(C)C3CCC12C. The fraction of sp³-hybridized carbons (Fsp3) is 1.00. The van der Waals surface area contributed by atoms with Crippen LogP contribution < -0.4 is 5.73 Å². The molecule has 0 saturated heterocycles. The molecular formula is C26H47N. The fourth-order valence-electron chi connectivity index (χ4n) is 8.82. The summed E-state index contributed by atoms with van der Waals surface area (Å²) in [6, 6.07) is 0.496. The zero-order valence-electron chi connectivity index (χ0n) is 18.8. The maximum absolute atomic E-state index is 6.37. The van der Waals surface area contributed by atoms with E-state index in [9.17, 15) is 0 Å². The molecule has 0 aliphatic heterocycles. The first kappa shape index (κ1) is 20.2. The first-order valence-corrected chi connectivity index (χ1v) is 12.6. The predicted octanol–water partition coefficient (Wildman–Crippen LogP) is 7.19. The lowest BCUT2D eigenvalue weighted by atomic mass is 9.44. The molecule has 4 rings (SSSR count). The second-order valence-electron chi connectivity index (χ2n) is 12.2. The van der Waals surface area contributed by atoms with Gasteiger partial charge in [0.15, 0.2) is 0 Å². The van der Waals surface area contributed by atoms with Crippen molar-refractivity contribution in [2.75, 3.05) is 0 Å². The van der Waals surface area contributed by atoms with Crippen molar-refractivity contribution in [3.8, 4) is 0 Å². The Kier molecular flexibility index (Phi) is 5.74. The molecule has 27 heavy (non-hydrogen) atoms. The average molecular weight is 374 g/mol. The molecule has 0 aromatic heterocycles. The van der Waals surface area contributed by atoms with Crippen molar-refractivity contribution in [1.82, 2.24) is 0 Å². The third-order valence-electron chi connectivity index (χ3n) is 10.5. The standard InChI is InChI=1S/C26H47N/c1-18(2)7-5-6-8-19-10-12-23-22-11-9-20-17-21(27)13-15-26(20,4)24(22)14-16-25(19,23)3/h18-24H,5-17,27H2,1-4H3. The third-order valence-corrected chi connectivity index (χ3v) is 10.5. The molecule has 8 unspecified atom stereocenters. The van der Waals surface area contributed by atoms with Gasteiger partial charge in [-0.1, -0.05) is 47.0 Å². The summed E-state index contributed by atoms with van der Waals surface area (Å²) in [6.07, 6.45) is 19.1. The topological polar surface area (TPSA) is 26.0 Å². The van der Waals surface area contributed by atoms with E-state index in [0.717, 1.165) is 35.5 Å². The Morgan fingerprint density at radius 1 is 0.852 bits per heavy atom. The lowest BCUT2D eigenvalue weighted by Crippen LogP contribution is -2.54. The molecule has 0 bridgehead atoms. The number of hydrogen-bond acceptors (Lipinski definition) is 1. The minimum absolute atomic E-state index is 0.496. The van der Waals surface area contributed by atoms with E-state index in [1.807, 2.05) is 0 Å². The van der Waals surface area contributed by atoms with Gasteiger partial charge < -0.3 is 5.73 Å². The third kappa shape index (κ3) is 3.53. The first-order chi connectivity index (χ1) is 12.8. The molecule has 0 spiro atoms. The van der Waals surface area contributed by atoms with Crippen LogP contribution in [-0.4, -0.2) is 6.04 Å². The summed E-state index contributed by atoms with van der Waals surface area (Å²) < 4.78 is 0. The number of fused-ring (bicyclic) bond motifs is 5. The average Bonchev–Trinajstić information content (AvgIpc) is 2.96. The van der Waals surface area contributed by atoms with Gasteiger partial charge in [0.2, 0.25) is 0 Å². The van der Waals surface area contributed by atoms with Crippen LogP contribution in [0.15, 0.2) is 0 Å². The van der Waals surface area contributed by atoms with E-state index in [1.54, 1.807) is 6.42 Å². The van der Waals surface area contributed by atoms with Crippen molar-refractivity contribution in [2.24, 2.45) is 52.1 Å². The molecule has 0 aromatic rings. The highest BCUT2D eigenvalue weighted by atomic mass is 14.7. The van der Waals surface area contributed by atoms with Gasteiger partial charge in [-0.25, -0.2) is 0 Å². The largest absolute Gasteiger partial charge is 0.328 e. The molecule has 0 amide bonds. The fourth-order valence-corrected chi connectivity index (χ4v) is 8.82. The molecule has 4 saturated carbocycles. The van der Waals surface area contributed by atoms with Gasteiger partial charge in [0.25, 0.3) is 0 Å². The summed E-state index contributed by atoms with van der Waals surface area (Å²) in [5.74, 6) is 5.94. The minimum atomic E-state index is 0.496. The van der Waals surface area contributed by atoms with E-state index in [-0.39, 0.29) is 0 Å². The minimum Gasteiger partial charge on any atom is -0.328 e. The Morgan fingerprint density at radius 3 is 2.37 bits per heavy atom. The molecule has 4 fully saturated rings. The lowest BCUT2D eigenvalue weighted by Gasteiger charge is -2.61. The summed E-state index contributed by atoms with van der Waals surface area (Å²) in [5.41, 5.74) is 7.66. The normalized spacial score (nSPS) is 49.6. The predicted molar refractivity (Wildman–Crippen MR) is 116 cm³/mol. The molecule has 2 N–H and O–H groups in total. The molecule has 0 radical (unpaired) electrons. The van der Waals surface area contributed by atoms with Gasteiger partial charge in [0.1, 0.15) is 0 Å². The van der Waals surface area contributed by atoms with E-state index in [2.05, 4.69) is 27.7 Å². The quantitative estimate of drug-likeness (QED) is 0.507. The lowest BCUT2D eigenvalue weighted by molar-refractivity contribution is -0.113. The maximum Gasteiger partial charge on any atom is 0.00418 e. The van der Waals surface area contributed by atoms with E-state index in [1.165, 1.54) is 77.0 Å². The summed E-state index contributed by atoms with van der Waals surface area (Å²) in [6.45, 7) is 10.2. The number of hydrogen-bond donors (Lipinski definition) is 1. The summed E-state index contributed by atoms with van der Waals surface area (Å²) in [4.78, 5) is 0. The van der Waals surface area contributed by atoms with Gasteiger partial charge >= 0.3 is 0 Å². The van der Waals surface area contributed by atoms with Gasteiger partial charge in [-0.05, 0) is 111 Å². The molecule has 4 aliphatic carbocycles. The van der Waals surface area contributed by atoms with Crippen LogP contribution in [0, 0.1) is 46.3 Å². The Morgan fingerprint density at radius 2 is 1.59 bits per heavy atom. The Balaban J connectivity index is 1.43. The van der Waals surface area contributed by atoms with Crippen LogP contribution in [-0.2, 0) is 0 Å². The number of rotatable bonds is 5. The van der Waals surface area contributed by atoms with E-state index < -0.39 is 0 Å². The van der Waals surface area contributed by atoms with Crippen LogP contribution in [0.4, 0.5) is 0 Å². The van der Waals surface area contributed by atoms with Crippen molar-refractivity contribution in [2.45, 2.75) is 117 Å². The molecule has 0 heterocycles. The Hall–Kier alpha value is -0.0400. The van der Waals surface area contributed by atoms with E-state index in [0.29, 0.717) is 16.9 Å². The Bertz CT molecular complexity index is 512. The van der Waals surface area contributed by atoms with Gasteiger partial charge in [-0.3, -0.25) is 0 Å². The molecule has 0 aromatic carbocycles. The van der Waals surface area contributed by atoms with Crippen LogP contribution in [0.25, 0.3) is 0 Å². The van der Waals surface area contributed by atoms with E-state index in [4.69, 9.17) is 5.73 Å². The van der Waals surface area contributed by atoms with Crippen molar-refractivity contribution in [3.63, 3.8) is 0 Å². The summed E-state index contributed by atoms with van der Waals surface area (Å²) in [5, 5.41) is 0. The van der Waals surface area contributed by atoms with Gasteiger partial charge in [-0.2, -0.15) is 0 Å². The highest BCUT2D eigenvalue weighted by molar-refractivity contribution is 5.09. The van der Waals surface area contributed by atoms with Gasteiger partial charge in [0.05, 0.1) is 0 Å². The van der Waals surface area contributed by atoms with Gasteiger partial charge in [-0.15, -0.1) is 0 Å². The zero-order valence-corrected chi connectivity index (χ0v) is 18.8. The highest BCUT2D eigenvalue weighted by Gasteiger charge is 2.59. The first-order valence-electron chi connectivity index (χ1n) is 12.6. The summed E-state index contributed by atoms with van der Waals surface area (Å²) >= 11 is 0. The van der Waals surface area contributed by atoms with Crippen molar-refractivity contribution in [1.29, 1.82) is 0 Å². The summed E-state index contributed by atoms with van der Waals surface area (Å²) in [7, 11) is 0. The van der Waals surface area contributed by atoms with E-state index >= 15 is 0 Å². The molecule has 1 heteroatoms. The van der Waals surface area contributed by atoms with Crippen LogP contribution >= 0.6 is 0 Å². The number of unbranched alkanes of at least 4 members (excludes halogenated alkanes) is 1. The van der Waals surface area contributed by atoms with Crippen molar-refractivity contribution < 1.29 is 0 Å². The molecule has 4 aliphatic rings. The molecule has 8 atom stereocenters. The number of nitrogens with two attached hydrogens (primary N) is 1. The van der Waals surface area contributed by atoms with Crippen molar-refractivity contribution >= 4 is 0 Å². The smallest absolute Gasteiger partial charge is 0.00418 e. The maximum atomic E-state index is 6.37. The molecule has 156 valence electrons. The Labute approximate surface area is 169 Å². The van der Waals surface area contributed by atoms with Crippen molar-refractivity contribution in [3.05, 3.63) is 0 Å². The van der Waals surface area contributed by atoms with Crippen LogP contribution in [0.2, 0.25) is 0 Å². The monoisotopic (exact) mass is 373 g/mol. The highest BCUT2D eigenvalue weighted by Crippen LogP contribution is 2.67. The molecule has 1 nitrogen and oxygen atoms in total. The van der Waals surface area contributed by atoms with Crippen LogP contribution in [0.5, 0.6) is 0 Å². The second kappa shape index (κ2) is 7.66. The van der Waals surface area contributed by atoms with Crippen LogP contribution in [0.1, 0.15) is 111 Å². The van der Waals surface area contributed by atoms with Gasteiger partial charge in [0, 0.05) is 6.04 Å².